The third-order valence-electron chi connectivity index (χ3n) is 3.95. The Kier molecular flexibility index (Phi) is 5.94. The summed E-state index contributed by atoms with van der Waals surface area (Å²) in [6.45, 7) is 3.89. The van der Waals surface area contributed by atoms with E-state index in [1.807, 2.05) is 0 Å². The number of carbonyl (C=O) groups excluding carboxylic acids is 6. The van der Waals surface area contributed by atoms with Crippen molar-refractivity contribution in [1.82, 2.24) is 10.1 Å². The molecule has 0 radical (unpaired) electrons. The zero-order chi connectivity index (χ0) is 20.4. The summed E-state index contributed by atoms with van der Waals surface area (Å²) in [6, 6.07) is 0. The first-order chi connectivity index (χ1) is 12.5. The van der Waals surface area contributed by atoms with Crippen LogP contribution in [0.4, 0.5) is 0 Å². The molecule has 2 heterocycles. The third kappa shape index (κ3) is 4.67. The molecule has 0 aromatic rings. The molecule has 27 heavy (non-hydrogen) atoms. The first-order valence-electron chi connectivity index (χ1n) is 8.30. The number of ether oxygens (including phenoxy) is 1. The van der Waals surface area contributed by atoms with Crippen LogP contribution in [0.1, 0.15) is 46.5 Å². The number of hydrogen-bond donors (Lipinski definition) is 0. The van der Waals surface area contributed by atoms with Crippen molar-refractivity contribution < 1.29 is 43.2 Å². The van der Waals surface area contributed by atoms with Crippen molar-refractivity contribution >= 4 is 35.6 Å². The van der Waals surface area contributed by atoms with Gasteiger partial charge in [-0.25, -0.2) is 9.59 Å². The van der Waals surface area contributed by atoms with Crippen molar-refractivity contribution in [3.8, 4) is 0 Å². The Balaban J connectivity index is 1.85. The van der Waals surface area contributed by atoms with Crippen LogP contribution in [0.25, 0.3) is 0 Å². The number of nitrogens with zero attached hydrogens (tertiary/aromatic N) is 2. The van der Waals surface area contributed by atoms with Crippen LogP contribution >= 0.6 is 0 Å². The lowest BCUT2D eigenvalue weighted by Crippen LogP contribution is -2.41. The monoisotopic (exact) mass is 384 g/mol. The molecule has 0 aromatic carbocycles. The Morgan fingerprint density at radius 1 is 0.889 bits per heavy atom. The largest absolute Gasteiger partial charge is 0.366 e. The van der Waals surface area contributed by atoms with Gasteiger partial charge in [-0.1, -0.05) is 0 Å². The van der Waals surface area contributed by atoms with Crippen molar-refractivity contribution in [3.05, 3.63) is 0 Å². The minimum atomic E-state index is -1.29. The maximum Gasteiger partial charge on any atom is 0.361 e. The molecule has 0 aromatic heterocycles. The highest BCUT2D eigenvalue weighted by Gasteiger charge is 2.39. The molecule has 148 valence electrons. The second-order valence-corrected chi connectivity index (χ2v) is 6.79. The van der Waals surface area contributed by atoms with Crippen molar-refractivity contribution in [3.63, 3.8) is 0 Å². The summed E-state index contributed by atoms with van der Waals surface area (Å²) in [6.07, 6.45) is -1.31. The van der Waals surface area contributed by atoms with E-state index < -0.39 is 47.1 Å². The van der Waals surface area contributed by atoms with Gasteiger partial charge in [-0.2, -0.15) is 0 Å². The molecule has 0 aliphatic carbocycles. The minimum absolute atomic E-state index is 0.0279. The van der Waals surface area contributed by atoms with Gasteiger partial charge in [-0.05, 0) is 20.8 Å². The van der Waals surface area contributed by atoms with Crippen molar-refractivity contribution in [1.29, 1.82) is 0 Å². The van der Waals surface area contributed by atoms with Crippen molar-refractivity contribution in [2.24, 2.45) is 5.41 Å². The van der Waals surface area contributed by atoms with E-state index in [-0.39, 0.29) is 32.3 Å². The van der Waals surface area contributed by atoms with E-state index in [0.717, 1.165) is 0 Å². The molecule has 0 saturated carbocycles. The fraction of sp³-hybridized carbons (Fsp3) is 0.625. The number of amides is 4. The van der Waals surface area contributed by atoms with Crippen LogP contribution in [-0.2, 0) is 43.2 Å². The number of carbonyl (C=O) groups is 6. The summed E-state index contributed by atoms with van der Waals surface area (Å²) in [5.41, 5.74) is -1.29. The second kappa shape index (κ2) is 7.82. The van der Waals surface area contributed by atoms with Crippen LogP contribution in [0.5, 0.6) is 0 Å². The van der Waals surface area contributed by atoms with E-state index in [0.29, 0.717) is 10.1 Å². The fourth-order valence-corrected chi connectivity index (χ4v) is 2.15. The van der Waals surface area contributed by atoms with E-state index in [1.165, 1.54) is 20.8 Å². The number of imide groups is 2. The predicted octanol–water partition coefficient (Wildman–Crippen LogP) is -0.368. The summed E-state index contributed by atoms with van der Waals surface area (Å²) < 4.78 is 5.28. The lowest BCUT2D eigenvalue weighted by atomic mass is 9.95. The standard InChI is InChI=1S/C16H20N2O9/c1-9(14(23)26-17-10(19)4-5-11(17)20)25-8-16(2,3)15(24)27-18-12(21)6-7-13(18)22/h9H,4-8H2,1-3H3. The van der Waals surface area contributed by atoms with Gasteiger partial charge in [0, 0.05) is 25.7 Å². The zero-order valence-electron chi connectivity index (χ0n) is 15.2. The van der Waals surface area contributed by atoms with Crippen LogP contribution in [0.15, 0.2) is 0 Å². The van der Waals surface area contributed by atoms with Gasteiger partial charge < -0.3 is 14.4 Å². The summed E-state index contributed by atoms with van der Waals surface area (Å²) in [5.74, 6) is -4.33. The van der Waals surface area contributed by atoms with E-state index in [4.69, 9.17) is 14.4 Å². The topological polar surface area (TPSA) is 137 Å². The molecule has 0 spiro atoms. The molecule has 0 bridgehead atoms. The molecule has 2 fully saturated rings. The second-order valence-electron chi connectivity index (χ2n) is 6.79. The zero-order valence-corrected chi connectivity index (χ0v) is 15.2. The maximum absolute atomic E-state index is 12.2. The molecule has 1 unspecified atom stereocenters. The molecule has 2 aliphatic heterocycles. The molecule has 0 N–H and O–H groups in total. The number of rotatable bonds is 7. The third-order valence-corrected chi connectivity index (χ3v) is 3.95. The summed E-state index contributed by atoms with van der Waals surface area (Å²) >= 11 is 0. The molecule has 11 nitrogen and oxygen atoms in total. The predicted molar refractivity (Wildman–Crippen MR) is 83.6 cm³/mol. The molecule has 2 rings (SSSR count). The lowest BCUT2D eigenvalue weighted by molar-refractivity contribution is -0.211. The smallest absolute Gasteiger partial charge is 0.361 e. The Labute approximate surface area is 154 Å². The molecular weight excluding hydrogens is 364 g/mol. The maximum atomic E-state index is 12.2. The molecule has 2 saturated heterocycles. The molecule has 4 amide bonds. The SMILES string of the molecule is CC(OCC(C)(C)C(=O)ON1C(=O)CCC1=O)C(=O)ON1C(=O)CCC1=O. The van der Waals surface area contributed by atoms with E-state index in [1.54, 1.807) is 0 Å². The average Bonchev–Trinajstić information content (AvgIpc) is 3.09. The van der Waals surface area contributed by atoms with Crippen LogP contribution in [0.3, 0.4) is 0 Å². The van der Waals surface area contributed by atoms with Crippen LogP contribution in [0.2, 0.25) is 0 Å². The minimum Gasteiger partial charge on any atom is -0.366 e. The summed E-state index contributed by atoms with van der Waals surface area (Å²) in [7, 11) is 0. The highest BCUT2D eigenvalue weighted by Crippen LogP contribution is 2.22. The van der Waals surface area contributed by atoms with Gasteiger partial charge in [-0.15, -0.1) is 10.1 Å². The number of hydroxylamine groups is 4. The van der Waals surface area contributed by atoms with E-state index in [9.17, 15) is 28.8 Å². The summed E-state index contributed by atoms with van der Waals surface area (Å²) in [4.78, 5) is 79.5. The Bertz CT molecular complexity index is 668. The highest BCUT2D eigenvalue weighted by molar-refractivity contribution is 6.02. The fourth-order valence-electron chi connectivity index (χ4n) is 2.15. The van der Waals surface area contributed by atoms with Crippen molar-refractivity contribution in [2.45, 2.75) is 52.6 Å². The van der Waals surface area contributed by atoms with Crippen molar-refractivity contribution in [2.75, 3.05) is 6.61 Å². The van der Waals surface area contributed by atoms with Crippen LogP contribution in [0, 0.1) is 5.41 Å². The first-order valence-corrected chi connectivity index (χ1v) is 8.30. The average molecular weight is 384 g/mol. The van der Waals surface area contributed by atoms with Gasteiger partial charge in [0.2, 0.25) is 0 Å². The van der Waals surface area contributed by atoms with Gasteiger partial charge in [0.15, 0.2) is 6.10 Å². The molecule has 1 atom stereocenters. The van der Waals surface area contributed by atoms with Crippen LogP contribution < -0.4 is 0 Å². The van der Waals surface area contributed by atoms with Gasteiger partial charge in [0.1, 0.15) is 0 Å². The first kappa shape index (κ1) is 20.5. The van der Waals surface area contributed by atoms with E-state index >= 15 is 0 Å². The summed E-state index contributed by atoms with van der Waals surface area (Å²) in [5, 5.41) is 0.818. The Morgan fingerprint density at radius 2 is 1.30 bits per heavy atom. The molecule has 11 heteroatoms. The van der Waals surface area contributed by atoms with Gasteiger partial charge in [0.05, 0.1) is 12.0 Å². The van der Waals surface area contributed by atoms with Crippen LogP contribution in [-0.4, -0.2) is 58.4 Å². The van der Waals surface area contributed by atoms with Gasteiger partial charge in [0.25, 0.3) is 23.6 Å². The number of hydrogen-bond acceptors (Lipinski definition) is 9. The van der Waals surface area contributed by atoms with Gasteiger partial charge in [-0.3, -0.25) is 19.2 Å². The normalized spacial score (nSPS) is 18.9. The quantitative estimate of drug-likeness (QED) is 0.538. The Hall–Kier alpha value is -2.82. The Morgan fingerprint density at radius 3 is 1.74 bits per heavy atom. The molecule has 2 aliphatic rings. The van der Waals surface area contributed by atoms with E-state index in [2.05, 4.69) is 0 Å². The molecular formula is C16H20N2O9. The van der Waals surface area contributed by atoms with Gasteiger partial charge >= 0.3 is 11.9 Å². The lowest BCUT2D eigenvalue weighted by Gasteiger charge is -2.25. The highest BCUT2D eigenvalue weighted by atomic mass is 16.7.